The first-order valence-electron chi connectivity index (χ1n) is 14.3. The lowest BCUT2D eigenvalue weighted by Crippen LogP contribution is -2.45. The van der Waals surface area contributed by atoms with Crippen molar-refractivity contribution in [2.24, 2.45) is 5.92 Å². The summed E-state index contributed by atoms with van der Waals surface area (Å²) in [5.74, 6) is -1.10. The molecule has 1 aliphatic carbocycles. The van der Waals surface area contributed by atoms with E-state index >= 15 is 0 Å². The maximum atomic E-state index is 13.9. The molecule has 3 N–H and O–H groups in total. The van der Waals surface area contributed by atoms with Crippen LogP contribution in [0.5, 0.6) is 0 Å². The van der Waals surface area contributed by atoms with E-state index in [0.29, 0.717) is 24.1 Å². The van der Waals surface area contributed by atoms with Gasteiger partial charge in [0.15, 0.2) is 0 Å². The molecule has 0 radical (unpaired) electrons. The molecular weight excluding hydrogens is 535 g/mol. The number of carbonyl (C=O) groups is 2. The molecule has 224 valence electrons. The Kier molecular flexibility index (Phi) is 9.72. The molecule has 9 nitrogen and oxygen atoms in total. The van der Waals surface area contributed by atoms with E-state index in [1.54, 1.807) is 29.2 Å². The van der Waals surface area contributed by atoms with Gasteiger partial charge in [-0.15, -0.1) is 0 Å². The van der Waals surface area contributed by atoms with Gasteiger partial charge in [-0.1, -0.05) is 12.8 Å². The lowest BCUT2D eigenvalue weighted by atomic mass is 9.83. The van der Waals surface area contributed by atoms with Crippen molar-refractivity contribution in [2.75, 3.05) is 37.8 Å². The lowest BCUT2D eigenvalue weighted by Gasteiger charge is -2.35. The Morgan fingerprint density at radius 2 is 1.71 bits per heavy atom. The summed E-state index contributed by atoms with van der Waals surface area (Å²) in [7, 11) is 3.89. The number of nitrogens with one attached hydrogen (secondary N) is 3. The van der Waals surface area contributed by atoms with Crippen LogP contribution >= 0.6 is 0 Å². The van der Waals surface area contributed by atoms with Crippen molar-refractivity contribution < 1.29 is 22.8 Å². The Hall–Kier alpha value is -3.41. The number of likely N-dealkylation sites (tertiary alicyclic amines) is 1. The molecule has 1 aromatic heterocycles. The van der Waals surface area contributed by atoms with Crippen LogP contribution in [0.1, 0.15) is 68.3 Å². The Labute approximate surface area is 239 Å². The molecule has 12 heteroatoms. The maximum absolute atomic E-state index is 13.9. The molecule has 41 heavy (non-hydrogen) atoms. The fourth-order valence-corrected chi connectivity index (χ4v) is 5.52. The number of hydrogen-bond donors (Lipinski definition) is 3. The molecule has 1 aromatic carbocycles. The minimum absolute atomic E-state index is 0.0259. The van der Waals surface area contributed by atoms with Crippen molar-refractivity contribution in [1.82, 2.24) is 25.1 Å². The van der Waals surface area contributed by atoms with E-state index in [9.17, 15) is 22.8 Å². The van der Waals surface area contributed by atoms with Crippen molar-refractivity contribution in [3.05, 3.63) is 41.6 Å². The number of carbonyl (C=O) groups excluding carboxylic acids is 2. The van der Waals surface area contributed by atoms with Crippen LogP contribution < -0.4 is 16.0 Å². The van der Waals surface area contributed by atoms with Gasteiger partial charge in [0.1, 0.15) is 11.4 Å². The van der Waals surface area contributed by atoms with Gasteiger partial charge in [0.25, 0.3) is 5.91 Å². The minimum atomic E-state index is -4.67. The van der Waals surface area contributed by atoms with Gasteiger partial charge in [-0.05, 0) is 83.9 Å². The minimum Gasteiger partial charge on any atom is -0.366 e. The van der Waals surface area contributed by atoms with Crippen molar-refractivity contribution in [1.29, 1.82) is 0 Å². The van der Waals surface area contributed by atoms with Crippen LogP contribution in [-0.2, 0) is 11.0 Å². The van der Waals surface area contributed by atoms with Crippen LogP contribution in [0.2, 0.25) is 0 Å². The number of halogens is 3. The number of piperidine rings is 1. The molecule has 4 rings (SSSR count). The normalized spacial score (nSPS) is 20.5. The number of alkyl halides is 3. The van der Waals surface area contributed by atoms with Crippen molar-refractivity contribution in [2.45, 2.75) is 76.7 Å². The van der Waals surface area contributed by atoms with Crippen LogP contribution in [0.15, 0.2) is 30.5 Å². The van der Waals surface area contributed by atoms with E-state index in [2.05, 4.69) is 37.9 Å². The van der Waals surface area contributed by atoms with E-state index in [0.717, 1.165) is 45.0 Å². The third-order valence-electron chi connectivity index (χ3n) is 7.89. The Morgan fingerprint density at radius 1 is 1.05 bits per heavy atom. The topological polar surface area (TPSA) is 102 Å². The monoisotopic (exact) mass is 575 g/mol. The summed E-state index contributed by atoms with van der Waals surface area (Å²) in [6.07, 6.45) is 0.703. The molecule has 1 saturated carbocycles. The zero-order valence-electron chi connectivity index (χ0n) is 24.1. The Bertz CT molecular complexity index is 1200. The van der Waals surface area contributed by atoms with Crippen molar-refractivity contribution in [3.63, 3.8) is 0 Å². The second-order valence-electron chi connectivity index (χ2n) is 11.4. The highest BCUT2D eigenvalue weighted by Crippen LogP contribution is 2.36. The quantitative estimate of drug-likeness (QED) is 0.412. The zero-order chi connectivity index (χ0) is 29.7. The third-order valence-corrected chi connectivity index (χ3v) is 7.89. The summed E-state index contributed by atoms with van der Waals surface area (Å²) in [5.41, 5.74) is 0.0614. The Morgan fingerprint density at radius 3 is 2.34 bits per heavy atom. The maximum Gasteiger partial charge on any atom is 0.421 e. The van der Waals surface area contributed by atoms with Crippen molar-refractivity contribution >= 4 is 29.3 Å². The number of benzene rings is 1. The van der Waals surface area contributed by atoms with Gasteiger partial charge in [-0.3, -0.25) is 9.59 Å². The number of aromatic nitrogens is 2. The fourth-order valence-electron chi connectivity index (χ4n) is 5.52. The van der Waals surface area contributed by atoms with Gasteiger partial charge in [-0.25, -0.2) is 4.98 Å². The molecule has 2 heterocycles. The van der Waals surface area contributed by atoms with Gasteiger partial charge in [0.05, 0.1) is 5.92 Å². The number of anilines is 3. The summed E-state index contributed by atoms with van der Waals surface area (Å²) >= 11 is 0. The average Bonchev–Trinajstić information content (AvgIpc) is 2.92. The van der Waals surface area contributed by atoms with Gasteiger partial charge >= 0.3 is 6.18 Å². The standard InChI is InChI=1S/C29H40F3N7O2/c1-18(2)34-26(40)22-7-5-6-8-24(22)36-25-23(29(30,31)32)17-33-28(37-25)35-20-11-9-19(10-12-20)27(41)39(4)21-13-15-38(3)16-14-21/h9-12,17-18,21-22,24H,5-8,13-16H2,1-4H3,(H,34,40)(H2,33,35,36,37)/t22-,24+/m0/s1. The smallest absolute Gasteiger partial charge is 0.366 e. The summed E-state index contributed by atoms with van der Waals surface area (Å²) in [6.45, 7) is 5.59. The van der Waals surface area contributed by atoms with Gasteiger partial charge in [-0.2, -0.15) is 18.2 Å². The first-order chi connectivity index (χ1) is 19.4. The Balaban J connectivity index is 1.49. The zero-order valence-corrected chi connectivity index (χ0v) is 24.1. The fraction of sp³-hybridized carbons (Fsp3) is 0.586. The molecule has 2 amide bonds. The average molecular weight is 576 g/mol. The summed E-state index contributed by atoms with van der Waals surface area (Å²) < 4.78 is 41.6. The molecule has 2 aliphatic rings. The summed E-state index contributed by atoms with van der Waals surface area (Å²) in [5, 5.41) is 8.76. The number of hydrogen-bond acceptors (Lipinski definition) is 7. The van der Waals surface area contributed by atoms with Crippen LogP contribution in [0.25, 0.3) is 0 Å². The van der Waals surface area contributed by atoms with Crippen LogP contribution in [0.4, 0.5) is 30.6 Å². The summed E-state index contributed by atoms with van der Waals surface area (Å²) in [4.78, 5) is 37.9. The third kappa shape index (κ3) is 7.87. The molecule has 2 fully saturated rings. The number of nitrogens with zero attached hydrogens (tertiary/aromatic N) is 4. The second-order valence-corrected chi connectivity index (χ2v) is 11.4. The predicted molar refractivity (Wildman–Crippen MR) is 152 cm³/mol. The second kappa shape index (κ2) is 13.1. The summed E-state index contributed by atoms with van der Waals surface area (Å²) in [6, 6.07) is 6.34. The number of rotatable bonds is 8. The molecule has 0 spiro atoms. The molecule has 0 unspecified atom stereocenters. The number of amides is 2. The largest absolute Gasteiger partial charge is 0.421 e. The molecule has 0 bridgehead atoms. The van der Waals surface area contributed by atoms with Crippen LogP contribution in [-0.4, -0.2) is 76.9 Å². The van der Waals surface area contributed by atoms with Gasteiger partial charge in [0, 0.05) is 42.6 Å². The molecule has 1 saturated heterocycles. The van der Waals surface area contributed by atoms with Gasteiger partial charge in [0.2, 0.25) is 11.9 Å². The first-order valence-corrected chi connectivity index (χ1v) is 14.3. The van der Waals surface area contributed by atoms with Crippen LogP contribution in [0.3, 0.4) is 0 Å². The lowest BCUT2D eigenvalue weighted by molar-refractivity contribution is -0.137. The molecular formula is C29H40F3N7O2. The van der Waals surface area contributed by atoms with E-state index in [-0.39, 0.29) is 35.7 Å². The highest BCUT2D eigenvalue weighted by Gasteiger charge is 2.38. The molecule has 1 aliphatic heterocycles. The first kappa shape index (κ1) is 30.5. The predicted octanol–water partition coefficient (Wildman–Crippen LogP) is 4.90. The SMILES string of the molecule is CC(C)NC(=O)[C@H]1CCCC[C@H]1Nc1nc(Nc2ccc(C(=O)N(C)C3CCN(C)CC3)cc2)ncc1C(F)(F)F. The highest BCUT2D eigenvalue weighted by atomic mass is 19.4. The van der Waals surface area contributed by atoms with Crippen LogP contribution in [0, 0.1) is 5.92 Å². The highest BCUT2D eigenvalue weighted by molar-refractivity contribution is 5.94. The van der Waals surface area contributed by atoms with Gasteiger partial charge < -0.3 is 25.8 Å². The van der Waals surface area contributed by atoms with E-state index in [1.165, 1.54) is 0 Å². The van der Waals surface area contributed by atoms with E-state index < -0.39 is 23.7 Å². The molecule has 2 atom stereocenters. The molecule has 2 aromatic rings. The van der Waals surface area contributed by atoms with Crippen molar-refractivity contribution in [3.8, 4) is 0 Å². The van der Waals surface area contributed by atoms with E-state index in [1.807, 2.05) is 20.9 Å². The van der Waals surface area contributed by atoms with E-state index in [4.69, 9.17) is 0 Å².